The van der Waals surface area contributed by atoms with Gasteiger partial charge in [0, 0.05) is 24.4 Å². The summed E-state index contributed by atoms with van der Waals surface area (Å²) in [5.41, 5.74) is 3.05. The van der Waals surface area contributed by atoms with Gasteiger partial charge in [0.15, 0.2) is 11.6 Å². The van der Waals surface area contributed by atoms with Crippen LogP contribution in [0.25, 0.3) is 0 Å². The van der Waals surface area contributed by atoms with E-state index in [0.717, 1.165) is 16.8 Å². The standard InChI is InChI=1S/C17H20FNO2/c1-12(13-8-9-15(18)17(10-13)21-3)19-16-7-5-4-6-14(16)11-20-2/h4-10,12,19H,11H2,1-3H3. The van der Waals surface area contributed by atoms with Crippen molar-refractivity contribution < 1.29 is 13.9 Å². The molecule has 2 aromatic rings. The quantitative estimate of drug-likeness (QED) is 0.866. The van der Waals surface area contributed by atoms with E-state index in [4.69, 9.17) is 9.47 Å². The van der Waals surface area contributed by atoms with Crippen molar-refractivity contribution in [2.24, 2.45) is 0 Å². The largest absolute Gasteiger partial charge is 0.494 e. The molecule has 0 heterocycles. The molecule has 0 amide bonds. The lowest BCUT2D eigenvalue weighted by Crippen LogP contribution is -2.09. The molecule has 1 N–H and O–H groups in total. The first kappa shape index (κ1) is 15.3. The van der Waals surface area contributed by atoms with E-state index in [-0.39, 0.29) is 17.6 Å². The van der Waals surface area contributed by atoms with Crippen LogP contribution in [0.15, 0.2) is 42.5 Å². The van der Waals surface area contributed by atoms with Gasteiger partial charge in [-0.3, -0.25) is 0 Å². The van der Waals surface area contributed by atoms with Crippen molar-refractivity contribution in [3.8, 4) is 5.75 Å². The maximum atomic E-state index is 13.5. The number of ether oxygens (including phenoxy) is 2. The number of benzene rings is 2. The first-order chi connectivity index (χ1) is 10.2. The molecular weight excluding hydrogens is 269 g/mol. The molecule has 0 fully saturated rings. The van der Waals surface area contributed by atoms with E-state index in [9.17, 15) is 4.39 Å². The smallest absolute Gasteiger partial charge is 0.165 e. The highest BCUT2D eigenvalue weighted by Gasteiger charge is 2.11. The van der Waals surface area contributed by atoms with Gasteiger partial charge in [-0.25, -0.2) is 4.39 Å². The van der Waals surface area contributed by atoms with Crippen molar-refractivity contribution in [2.45, 2.75) is 19.6 Å². The fourth-order valence-corrected chi connectivity index (χ4v) is 2.20. The summed E-state index contributed by atoms with van der Waals surface area (Å²) in [6, 6.07) is 12.9. The maximum absolute atomic E-state index is 13.5. The van der Waals surface area contributed by atoms with Crippen LogP contribution >= 0.6 is 0 Å². The van der Waals surface area contributed by atoms with Crippen LogP contribution in [0.1, 0.15) is 24.1 Å². The molecule has 4 heteroatoms. The van der Waals surface area contributed by atoms with Gasteiger partial charge in [-0.1, -0.05) is 24.3 Å². The summed E-state index contributed by atoms with van der Waals surface area (Å²) in [4.78, 5) is 0. The Hall–Kier alpha value is -2.07. The number of nitrogens with one attached hydrogen (secondary N) is 1. The highest BCUT2D eigenvalue weighted by atomic mass is 19.1. The number of methoxy groups -OCH3 is 2. The first-order valence-electron chi connectivity index (χ1n) is 6.82. The lowest BCUT2D eigenvalue weighted by atomic mass is 10.1. The summed E-state index contributed by atoms with van der Waals surface area (Å²) in [5, 5.41) is 3.42. The zero-order chi connectivity index (χ0) is 15.2. The van der Waals surface area contributed by atoms with E-state index in [2.05, 4.69) is 5.32 Å². The summed E-state index contributed by atoms with van der Waals surface area (Å²) < 4.78 is 23.7. The van der Waals surface area contributed by atoms with Crippen LogP contribution in [0.3, 0.4) is 0 Å². The first-order valence-corrected chi connectivity index (χ1v) is 6.82. The fraction of sp³-hybridized carbons (Fsp3) is 0.294. The lowest BCUT2D eigenvalue weighted by Gasteiger charge is -2.19. The topological polar surface area (TPSA) is 30.5 Å². The highest BCUT2D eigenvalue weighted by molar-refractivity contribution is 5.52. The Morgan fingerprint density at radius 3 is 2.62 bits per heavy atom. The Balaban J connectivity index is 2.20. The average molecular weight is 289 g/mol. The van der Waals surface area contributed by atoms with Crippen molar-refractivity contribution in [1.82, 2.24) is 0 Å². The Morgan fingerprint density at radius 1 is 1.14 bits per heavy atom. The maximum Gasteiger partial charge on any atom is 0.165 e. The minimum atomic E-state index is -0.353. The van der Waals surface area contributed by atoms with Crippen LogP contribution in [0, 0.1) is 5.82 Å². The van der Waals surface area contributed by atoms with Crippen molar-refractivity contribution in [2.75, 3.05) is 19.5 Å². The molecule has 1 unspecified atom stereocenters. The van der Waals surface area contributed by atoms with Crippen LogP contribution < -0.4 is 10.1 Å². The molecule has 0 aromatic heterocycles. The minimum Gasteiger partial charge on any atom is -0.494 e. The monoisotopic (exact) mass is 289 g/mol. The molecular formula is C17H20FNO2. The average Bonchev–Trinajstić information content (AvgIpc) is 2.50. The van der Waals surface area contributed by atoms with E-state index in [0.29, 0.717) is 6.61 Å². The second kappa shape index (κ2) is 7.09. The van der Waals surface area contributed by atoms with E-state index in [1.165, 1.54) is 13.2 Å². The van der Waals surface area contributed by atoms with Crippen molar-refractivity contribution in [1.29, 1.82) is 0 Å². The molecule has 0 saturated heterocycles. The van der Waals surface area contributed by atoms with Crippen molar-refractivity contribution >= 4 is 5.69 Å². The third kappa shape index (κ3) is 3.73. The second-order valence-corrected chi connectivity index (χ2v) is 4.85. The number of rotatable bonds is 6. The van der Waals surface area contributed by atoms with E-state index in [1.807, 2.05) is 31.2 Å². The second-order valence-electron chi connectivity index (χ2n) is 4.85. The third-order valence-corrected chi connectivity index (χ3v) is 3.36. The van der Waals surface area contributed by atoms with E-state index < -0.39 is 0 Å². The Morgan fingerprint density at radius 2 is 1.90 bits per heavy atom. The zero-order valence-corrected chi connectivity index (χ0v) is 12.5. The lowest BCUT2D eigenvalue weighted by molar-refractivity contribution is 0.185. The SMILES string of the molecule is COCc1ccccc1NC(C)c1ccc(F)c(OC)c1. The number of hydrogen-bond acceptors (Lipinski definition) is 3. The molecule has 2 rings (SSSR count). The third-order valence-electron chi connectivity index (χ3n) is 3.36. The fourth-order valence-electron chi connectivity index (χ4n) is 2.20. The van der Waals surface area contributed by atoms with Gasteiger partial charge in [0.2, 0.25) is 0 Å². The Kier molecular flexibility index (Phi) is 5.17. The molecule has 0 bridgehead atoms. The summed E-state index contributed by atoms with van der Waals surface area (Å²) in [6.07, 6.45) is 0. The van der Waals surface area contributed by atoms with Gasteiger partial charge in [0.25, 0.3) is 0 Å². The molecule has 0 spiro atoms. The van der Waals surface area contributed by atoms with Gasteiger partial charge in [-0.2, -0.15) is 0 Å². The molecule has 0 aliphatic rings. The van der Waals surface area contributed by atoms with Crippen LogP contribution in [0.4, 0.5) is 10.1 Å². The zero-order valence-electron chi connectivity index (χ0n) is 12.5. The van der Waals surface area contributed by atoms with Crippen LogP contribution in [-0.2, 0) is 11.3 Å². The molecule has 112 valence electrons. The molecule has 0 aliphatic heterocycles. The van der Waals surface area contributed by atoms with Gasteiger partial charge in [-0.15, -0.1) is 0 Å². The number of anilines is 1. The summed E-state index contributed by atoms with van der Waals surface area (Å²) in [5.74, 6) is -0.0976. The van der Waals surface area contributed by atoms with Gasteiger partial charge in [0.05, 0.1) is 13.7 Å². The highest BCUT2D eigenvalue weighted by Crippen LogP contribution is 2.26. The van der Waals surface area contributed by atoms with Crippen molar-refractivity contribution in [3.63, 3.8) is 0 Å². The molecule has 0 aliphatic carbocycles. The summed E-state index contributed by atoms with van der Waals surface area (Å²) in [6.45, 7) is 2.57. The number of halogens is 1. The van der Waals surface area contributed by atoms with Crippen LogP contribution in [0.5, 0.6) is 5.75 Å². The molecule has 0 radical (unpaired) electrons. The minimum absolute atomic E-state index is 0.0255. The van der Waals surface area contributed by atoms with Crippen LogP contribution in [0.2, 0.25) is 0 Å². The predicted molar refractivity (Wildman–Crippen MR) is 82.1 cm³/mol. The molecule has 1 atom stereocenters. The molecule has 2 aromatic carbocycles. The normalized spacial score (nSPS) is 12.0. The van der Waals surface area contributed by atoms with E-state index >= 15 is 0 Å². The molecule has 21 heavy (non-hydrogen) atoms. The molecule has 3 nitrogen and oxygen atoms in total. The van der Waals surface area contributed by atoms with Crippen LogP contribution in [-0.4, -0.2) is 14.2 Å². The van der Waals surface area contributed by atoms with Gasteiger partial charge in [-0.05, 0) is 30.7 Å². The van der Waals surface area contributed by atoms with Gasteiger partial charge in [0.1, 0.15) is 0 Å². The van der Waals surface area contributed by atoms with Crippen molar-refractivity contribution in [3.05, 3.63) is 59.4 Å². The summed E-state index contributed by atoms with van der Waals surface area (Å²) in [7, 11) is 3.14. The van der Waals surface area contributed by atoms with E-state index in [1.54, 1.807) is 19.2 Å². The Labute approximate surface area is 124 Å². The number of hydrogen-bond donors (Lipinski definition) is 1. The molecule has 0 saturated carbocycles. The predicted octanol–water partition coefficient (Wildman–Crippen LogP) is 4.15. The Bertz CT molecular complexity index is 601. The van der Waals surface area contributed by atoms with Gasteiger partial charge < -0.3 is 14.8 Å². The number of para-hydroxylation sites is 1. The summed E-state index contributed by atoms with van der Waals surface area (Å²) >= 11 is 0. The van der Waals surface area contributed by atoms with Gasteiger partial charge >= 0.3 is 0 Å².